The molecule has 0 N–H and O–H groups in total. The number of tetrazole rings is 4. The molecule has 0 aromatic carbocycles. The fourth-order valence-corrected chi connectivity index (χ4v) is 9.37. The predicted octanol–water partition coefficient (Wildman–Crippen LogP) is 1.32. The van der Waals surface area contributed by atoms with Crippen molar-refractivity contribution in [2.24, 2.45) is 33.2 Å². The lowest BCUT2D eigenvalue weighted by atomic mass is 10.1. The Morgan fingerprint density at radius 2 is 0.954 bits per heavy atom. The van der Waals surface area contributed by atoms with Crippen LogP contribution in [0.5, 0.6) is 15.6 Å². The Bertz CT molecular complexity index is 4570. The van der Waals surface area contributed by atoms with Gasteiger partial charge in [-0.15, -0.1) is 39.1 Å². The molecular weight excluding hydrogens is 1310 g/mol. The molecule has 0 unspecified atom stereocenters. The number of hydrogen-bond acceptors (Lipinski definition) is 31. The molecule has 0 atom stereocenters. The van der Waals surface area contributed by atoms with Crippen LogP contribution < -0.4 is 37.0 Å². The van der Waals surface area contributed by atoms with E-state index in [2.05, 4.69) is 125 Å². The maximum atomic E-state index is 12.2. The van der Waals surface area contributed by atoms with Gasteiger partial charge in [0.05, 0.1) is 35.8 Å². The summed E-state index contributed by atoms with van der Waals surface area (Å²) in [5, 5.41) is 67.4. The normalized spacial score (nSPS) is 13.1. The van der Waals surface area contributed by atoms with Crippen LogP contribution in [0.1, 0.15) is 76.5 Å². The Hall–Kier alpha value is -9.97. The zero-order valence-corrected chi connectivity index (χ0v) is 50.9. The molecule has 13 rings (SSSR count). The number of halogens is 1. The first-order valence-electron chi connectivity index (χ1n) is 27.3. The minimum Gasteiger partial charge on any atom is -0.475 e. The van der Waals surface area contributed by atoms with Gasteiger partial charge in [0.25, 0.3) is 15.6 Å². The van der Waals surface area contributed by atoms with Gasteiger partial charge in [0, 0.05) is 95.7 Å². The van der Waals surface area contributed by atoms with Crippen LogP contribution >= 0.6 is 56.6 Å². The summed E-state index contributed by atoms with van der Waals surface area (Å²) in [6, 6.07) is 0. The van der Waals surface area contributed by atoms with Crippen molar-refractivity contribution in [2.75, 3.05) is 0 Å². The van der Waals surface area contributed by atoms with Gasteiger partial charge in [-0.3, -0.25) is 0 Å². The molecule has 87 heavy (non-hydrogen) atoms. The van der Waals surface area contributed by atoms with Gasteiger partial charge >= 0.3 is 22.8 Å². The van der Waals surface area contributed by atoms with Crippen molar-refractivity contribution in [3.8, 4) is 38.9 Å². The molecule has 12 heterocycles. The van der Waals surface area contributed by atoms with Crippen molar-refractivity contribution in [2.45, 2.75) is 71.9 Å². The highest BCUT2D eigenvalue weighted by Gasteiger charge is 2.30. The van der Waals surface area contributed by atoms with E-state index >= 15 is 0 Å². The van der Waals surface area contributed by atoms with Crippen molar-refractivity contribution in [1.82, 2.24) is 135 Å². The average molecular weight is 1360 g/mol. The fourth-order valence-electron chi connectivity index (χ4n) is 7.54. The molecule has 448 valence electrons. The quantitative estimate of drug-likeness (QED) is 0.116. The zero-order chi connectivity index (χ0) is 64.5. The number of nitrogens with zero attached hydrogens (tertiary/aromatic N) is 28. The summed E-state index contributed by atoms with van der Waals surface area (Å²) in [4.78, 5) is 63.9. The summed E-state index contributed by atoms with van der Waals surface area (Å²) in [5.41, 5.74) is 3.75. The number of thiazole rings is 3. The van der Waals surface area contributed by atoms with Crippen LogP contribution in [0.4, 0.5) is 0 Å². The van der Waals surface area contributed by atoms with E-state index in [9.17, 15) is 19.2 Å². The van der Waals surface area contributed by atoms with Crippen LogP contribution in [0.2, 0.25) is 0 Å². The molecule has 0 radical (unpaired) electrons. The van der Waals surface area contributed by atoms with E-state index in [1.54, 1.807) is 47.0 Å². The summed E-state index contributed by atoms with van der Waals surface area (Å²) in [7, 11) is 6.02. The first-order chi connectivity index (χ1) is 43.8. The lowest BCUT2D eigenvalue weighted by Crippen LogP contribution is -2.25. The van der Waals surface area contributed by atoms with Gasteiger partial charge < -0.3 is 18.9 Å². The highest BCUT2D eigenvalue weighted by atomic mass is 127. The SMILES string of the molecule is [3H]C1=CCC(OCc2c(C3CC3)cnnc2-n2nnn(C)c2=O)=N1.[3H]c1csc(OCc2c(C)cnnc2-n2nnn(C)c2=O)n1.[3H]c1csc(OCc2c(CC)cnnc2-n2nnn(C)c2=O)n1.[3H]c1csc(OCc2c(I)cnnc2-n2nnn(C)c2=O)n1. The van der Waals surface area contributed by atoms with Crippen LogP contribution in [-0.2, 0) is 65.8 Å². The number of aliphatic imine (C=N–C) groups is 1. The molecular formula is C47H47IN28O8S3. The van der Waals surface area contributed by atoms with Crippen molar-refractivity contribution < 1.29 is 24.4 Å². The molecule has 11 aromatic heterocycles. The summed E-state index contributed by atoms with van der Waals surface area (Å²) in [6.45, 7) is 4.39. The number of aromatic nitrogens is 27. The Morgan fingerprint density at radius 1 is 0.540 bits per heavy atom. The van der Waals surface area contributed by atoms with E-state index in [-0.39, 0.29) is 68.6 Å². The molecule has 36 nitrogen and oxygen atoms in total. The van der Waals surface area contributed by atoms with E-state index in [4.69, 9.17) is 24.4 Å². The number of rotatable bonds is 17. The van der Waals surface area contributed by atoms with Crippen molar-refractivity contribution >= 4 is 62.5 Å². The molecule has 0 saturated heterocycles. The topological polar surface area (TPSA) is 402 Å². The summed E-state index contributed by atoms with van der Waals surface area (Å²) in [6.07, 6.45) is 12.1. The maximum absolute atomic E-state index is 12.2. The molecule has 1 aliphatic carbocycles. The van der Waals surface area contributed by atoms with Gasteiger partial charge in [-0.1, -0.05) is 47.0 Å². The van der Waals surface area contributed by atoms with Crippen molar-refractivity contribution in [3.63, 3.8) is 0 Å². The summed E-state index contributed by atoms with van der Waals surface area (Å²) < 4.78 is 61.6. The van der Waals surface area contributed by atoms with Gasteiger partial charge in [0.1, 0.15) is 26.4 Å². The Morgan fingerprint density at radius 3 is 1.38 bits per heavy atom. The number of aryl methyl sites for hydroxylation is 6. The van der Waals surface area contributed by atoms with Crippen LogP contribution in [-0.4, -0.2) is 141 Å². The van der Waals surface area contributed by atoms with E-state index in [0.717, 1.165) is 76.1 Å². The Kier molecular flexibility index (Phi) is 17.6. The third-order valence-electron chi connectivity index (χ3n) is 12.2. The zero-order valence-electron chi connectivity index (χ0n) is 50.2. The van der Waals surface area contributed by atoms with Crippen molar-refractivity contribution in [3.05, 3.63) is 156 Å². The number of hydrogen-bond donors (Lipinski definition) is 0. The average Bonchev–Trinajstić information content (AvgIpc) is 1.89. The van der Waals surface area contributed by atoms with Crippen LogP contribution in [0.15, 0.2) is 95.9 Å². The standard InChI is InChI=1S/C14H15N7O2.C12H13N7O2S.C11H11N7O2S.C10H8IN7O2S/c1-20-14(22)21(19-18-20)13-11(8-23-12-3-2-6-15-12)10(7-16-17-13)9-4-5-9;1-3-8-6-14-15-10(19-12(20)18(2)16-17-19)9(8)7-21-11-13-4-5-22-11;1-7-5-13-14-9(18-11(19)17(2)15-16-18)8(7)6-20-10-12-3-4-21-10;1-17-10(19)18(16-15-17)8-6(7(11)4-13-14-8)5-20-9-12-2-3-21-9/h2,6-7,9H,3-5,8H2,1H3;4-6H,3,7H2,1-2H3;3-5H,6H2,1-2H3;2-4H,5H2,1H3/i6T;4T;3T;2T. The minimum absolute atomic E-state index is 0.124. The maximum Gasteiger partial charge on any atom is 0.369 e. The Balaban J connectivity index is 0.000000133. The predicted molar refractivity (Wildman–Crippen MR) is 313 cm³/mol. The van der Waals surface area contributed by atoms with E-state index in [1.807, 2.05) is 13.8 Å². The minimum atomic E-state index is -0.430. The molecule has 2 aliphatic rings. The third kappa shape index (κ3) is 14.2. The first kappa shape index (κ1) is 54.9. The molecule has 40 heteroatoms. The molecule has 1 aliphatic heterocycles. The number of ether oxygens (including phenoxy) is 4. The van der Waals surface area contributed by atoms with Gasteiger partial charge in [-0.05, 0) is 113 Å². The third-order valence-corrected chi connectivity index (χ3v) is 15.0. The van der Waals surface area contributed by atoms with Crippen molar-refractivity contribution in [1.29, 1.82) is 0 Å². The molecule has 0 spiro atoms. The first-order valence-corrected chi connectivity index (χ1v) is 29.1. The van der Waals surface area contributed by atoms with Crippen LogP contribution in [0.25, 0.3) is 23.3 Å². The van der Waals surface area contributed by atoms with E-state index in [1.165, 1.54) is 62.2 Å². The Labute approximate surface area is 519 Å². The lowest BCUT2D eigenvalue weighted by Gasteiger charge is -2.12. The van der Waals surface area contributed by atoms with Gasteiger partial charge in [0.2, 0.25) is 0 Å². The highest BCUT2D eigenvalue weighted by Crippen LogP contribution is 2.42. The fraction of sp³-hybridized carbons (Fsp3) is 0.319. The molecule has 0 bridgehead atoms. The summed E-state index contributed by atoms with van der Waals surface area (Å²) >= 11 is 5.76. The second kappa shape index (κ2) is 27.8. The lowest BCUT2D eigenvalue weighted by molar-refractivity contribution is 0.285. The largest absolute Gasteiger partial charge is 0.475 e. The van der Waals surface area contributed by atoms with Crippen LogP contribution in [0, 0.1) is 10.5 Å². The molecule has 1 saturated carbocycles. The summed E-state index contributed by atoms with van der Waals surface area (Å²) in [5.74, 6) is 2.02. The molecule has 1 fully saturated rings. The molecule has 0 amide bonds. The highest BCUT2D eigenvalue weighted by molar-refractivity contribution is 14.1. The van der Waals surface area contributed by atoms with Gasteiger partial charge in [-0.2, -0.15) is 39.1 Å². The van der Waals surface area contributed by atoms with Gasteiger partial charge in [-0.25, -0.2) is 39.1 Å². The van der Waals surface area contributed by atoms with E-state index in [0.29, 0.717) is 62.7 Å². The van der Waals surface area contributed by atoms with E-state index < -0.39 is 22.8 Å². The second-order valence-electron chi connectivity index (χ2n) is 17.8. The van der Waals surface area contributed by atoms with Gasteiger partial charge in [0.15, 0.2) is 29.2 Å². The molecule has 11 aromatic rings. The monoisotopic (exact) mass is 1360 g/mol. The van der Waals surface area contributed by atoms with Crippen LogP contribution in [0.3, 0.4) is 0 Å². The smallest absolute Gasteiger partial charge is 0.369 e. The second-order valence-corrected chi connectivity index (χ2v) is 21.5.